The molecule has 0 radical (unpaired) electrons. The second-order valence-corrected chi connectivity index (χ2v) is 7.54. The van der Waals surface area contributed by atoms with Crippen LogP contribution in [0.3, 0.4) is 0 Å². The molecule has 2 heterocycles. The summed E-state index contributed by atoms with van der Waals surface area (Å²) in [5, 5.41) is 3.22. The molecule has 0 spiro atoms. The van der Waals surface area contributed by atoms with E-state index in [0.717, 1.165) is 12.1 Å². The van der Waals surface area contributed by atoms with E-state index in [1.807, 2.05) is 24.3 Å². The maximum Gasteiger partial charge on any atom is 0.264 e. The molecule has 0 amide bonds. The molecule has 1 N–H and O–H groups in total. The highest BCUT2D eigenvalue weighted by atomic mass is 35.5. The van der Waals surface area contributed by atoms with E-state index in [4.69, 9.17) is 9.47 Å². The molecular formula is C17H19ClN2O4S. The van der Waals surface area contributed by atoms with Crippen molar-refractivity contribution in [3.63, 3.8) is 0 Å². The van der Waals surface area contributed by atoms with Crippen molar-refractivity contribution in [1.82, 2.24) is 0 Å². The zero-order valence-corrected chi connectivity index (χ0v) is 15.1. The number of ether oxygens (including phenoxy) is 2. The summed E-state index contributed by atoms with van der Waals surface area (Å²) >= 11 is 0. The summed E-state index contributed by atoms with van der Waals surface area (Å²) in [6.07, 6.45) is 0.780. The van der Waals surface area contributed by atoms with Crippen molar-refractivity contribution in [2.45, 2.75) is 11.3 Å². The van der Waals surface area contributed by atoms with Crippen LogP contribution >= 0.6 is 12.4 Å². The molecule has 0 atom stereocenters. The smallest absolute Gasteiger partial charge is 0.264 e. The molecule has 8 heteroatoms. The number of nitrogens with one attached hydrogen (secondary N) is 1. The van der Waals surface area contributed by atoms with Crippen LogP contribution in [0.15, 0.2) is 47.4 Å². The molecule has 4 rings (SSSR count). The molecule has 0 aromatic heterocycles. The van der Waals surface area contributed by atoms with Gasteiger partial charge in [-0.15, -0.1) is 12.4 Å². The summed E-state index contributed by atoms with van der Waals surface area (Å²) in [7, 11) is -3.66. The maximum absolute atomic E-state index is 13.1. The SMILES string of the molecule is Cl.O=S(=O)(c1ccc2c(c1)OCCCO2)N1CCNc2ccccc21. The first-order chi connectivity index (χ1) is 11.7. The van der Waals surface area contributed by atoms with Gasteiger partial charge in [-0.3, -0.25) is 4.31 Å². The van der Waals surface area contributed by atoms with Crippen LogP contribution in [0.5, 0.6) is 11.5 Å². The summed E-state index contributed by atoms with van der Waals surface area (Å²) in [5.41, 5.74) is 1.48. The zero-order valence-electron chi connectivity index (χ0n) is 13.5. The molecule has 2 aliphatic rings. The van der Waals surface area contributed by atoms with Gasteiger partial charge in [-0.2, -0.15) is 0 Å². The van der Waals surface area contributed by atoms with E-state index in [-0.39, 0.29) is 17.3 Å². The Kier molecular flexibility index (Phi) is 4.96. The number of fused-ring (bicyclic) bond motifs is 2. The number of rotatable bonds is 2. The summed E-state index contributed by atoms with van der Waals surface area (Å²) < 4.78 is 38.9. The monoisotopic (exact) mass is 382 g/mol. The van der Waals surface area contributed by atoms with Crippen LogP contribution in [0.1, 0.15) is 6.42 Å². The first-order valence-corrected chi connectivity index (χ1v) is 9.35. The summed E-state index contributed by atoms with van der Waals surface area (Å²) in [5.74, 6) is 1.07. The van der Waals surface area contributed by atoms with E-state index in [0.29, 0.717) is 43.5 Å². The third kappa shape index (κ3) is 3.21. The molecule has 0 aliphatic carbocycles. The molecule has 2 aromatic rings. The van der Waals surface area contributed by atoms with E-state index >= 15 is 0 Å². The quantitative estimate of drug-likeness (QED) is 0.865. The minimum Gasteiger partial charge on any atom is -0.490 e. The molecule has 0 unspecified atom stereocenters. The van der Waals surface area contributed by atoms with E-state index in [1.54, 1.807) is 18.2 Å². The summed E-state index contributed by atoms with van der Waals surface area (Å²) in [6.45, 7) is 2.05. The van der Waals surface area contributed by atoms with Gasteiger partial charge in [-0.25, -0.2) is 8.42 Å². The number of sulfonamides is 1. The third-order valence-electron chi connectivity index (χ3n) is 4.11. The second kappa shape index (κ2) is 7.01. The van der Waals surface area contributed by atoms with Gasteiger partial charge >= 0.3 is 0 Å². The van der Waals surface area contributed by atoms with Crippen molar-refractivity contribution in [3.8, 4) is 11.5 Å². The van der Waals surface area contributed by atoms with Crippen LogP contribution in [0.25, 0.3) is 0 Å². The topological polar surface area (TPSA) is 67.9 Å². The first kappa shape index (κ1) is 17.7. The minimum absolute atomic E-state index is 0. The zero-order chi connectivity index (χ0) is 16.6. The Hall–Kier alpha value is -2.12. The molecule has 0 saturated heterocycles. The highest BCUT2D eigenvalue weighted by Crippen LogP contribution is 2.36. The molecule has 2 aromatic carbocycles. The van der Waals surface area contributed by atoms with E-state index in [1.165, 1.54) is 4.31 Å². The maximum atomic E-state index is 13.1. The van der Waals surface area contributed by atoms with Crippen molar-refractivity contribution >= 4 is 33.8 Å². The molecule has 134 valence electrons. The van der Waals surface area contributed by atoms with Gasteiger partial charge in [0.25, 0.3) is 10.0 Å². The van der Waals surface area contributed by atoms with E-state index in [9.17, 15) is 8.42 Å². The van der Waals surface area contributed by atoms with Crippen LogP contribution in [0.4, 0.5) is 11.4 Å². The summed E-state index contributed by atoms with van der Waals surface area (Å²) in [6, 6.07) is 12.2. The Morgan fingerprint density at radius 1 is 1.00 bits per heavy atom. The van der Waals surface area contributed by atoms with Gasteiger partial charge in [0.05, 0.1) is 36.0 Å². The van der Waals surface area contributed by atoms with Crippen molar-refractivity contribution in [2.24, 2.45) is 0 Å². The lowest BCUT2D eigenvalue weighted by molar-refractivity contribution is 0.297. The molecule has 0 fully saturated rings. The van der Waals surface area contributed by atoms with Crippen LogP contribution in [-0.2, 0) is 10.0 Å². The Bertz CT molecular complexity index is 873. The fourth-order valence-corrected chi connectivity index (χ4v) is 4.43. The second-order valence-electron chi connectivity index (χ2n) is 5.68. The van der Waals surface area contributed by atoms with Crippen LogP contribution in [0.2, 0.25) is 0 Å². The number of nitrogens with zero attached hydrogens (tertiary/aromatic N) is 1. The number of hydrogen-bond donors (Lipinski definition) is 1. The Morgan fingerprint density at radius 3 is 2.60 bits per heavy atom. The van der Waals surface area contributed by atoms with Gasteiger partial charge in [0.1, 0.15) is 0 Å². The van der Waals surface area contributed by atoms with Gasteiger partial charge < -0.3 is 14.8 Å². The van der Waals surface area contributed by atoms with Gasteiger partial charge in [0.2, 0.25) is 0 Å². The summed E-state index contributed by atoms with van der Waals surface area (Å²) in [4.78, 5) is 0.212. The highest BCUT2D eigenvalue weighted by molar-refractivity contribution is 7.92. The Balaban J connectivity index is 0.00000182. The number of para-hydroxylation sites is 2. The van der Waals surface area contributed by atoms with Gasteiger partial charge in [0.15, 0.2) is 11.5 Å². The third-order valence-corrected chi connectivity index (χ3v) is 5.92. The molecule has 25 heavy (non-hydrogen) atoms. The predicted octanol–water partition coefficient (Wildman–Crippen LogP) is 2.89. The molecule has 0 bridgehead atoms. The number of benzene rings is 2. The number of hydrogen-bond acceptors (Lipinski definition) is 5. The highest BCUT2D eigenvalue weighted by Gasteiger charge is 2.30. The predicted molar refractivity (Wildman–Crippen MR) is 98.8 cm³/mol. The van der Waals surface area contributed by atoms with Crippen LogP contribution in [-0.4, -0.2) is 34.7 Å². The molecule has 6 nitrogen and oxygen atoms in total. The van der Waals surface area contributed by atoms with Crippen molar-refractivity contribution < 1.29 is 17.9 Å². The van der Waals surface area contributed by atoms with Gasteiger partial charge in [-0.1, -0.05) is 12.1 Å². The Labute approximate surface area is 153 Å². The van der Waals surface area contributed by atoms with Crippen molar-refractivity contribution in [3.05, 3.63) is 42.5 Å². The largest absolute Gasteiger partial charge is 0.490 e. The van der Waals surface area contributed by atoms with Gasteiger partial charge in [-0.05, 0) is 24.3 Å². The Morgan fingerprint density at radius 2 is 1.76 bits per heavy atom. The average molecular weight is 383 g/mol. The van der Waals surface area contributed by atoms with Gasteiger partial charge in [0, 0.05) is 19.0 Å². The van der Waals surface area contributed by atoms with Crippen LogP contribution in [0, 0.1) is 0 Å². The number of anilines is 2. The lowest BCUT2D eigenvalue weighted by Gasteiger charge is -2.31. The molecule has 0 saturated carbocycles. The first-order valence-electron chi connectivity index (χ1n) is 7.91. The number of halogens is 1. The van der Waals surface area contributed by atoms with Crippen molar-refractivity contribution in [1.29, 1.82) is 0 Å². The van der Waals surface area contributed by atoms with Crippen molar-refractivity contribution in [2.75, 3.05) is 35.9 Å². The van der Waals surface area contributed by atoms with E-state index in [2.05, 4.69) is 5.32 Å². The lowest BCUT2D eigenvalue weighted by atomic mass is 10.2. The van der Waals surface area contributed by atoms with Crippen LogP contribution < -0.4 is 19.1 Å². The standard InChI is InChI=1S/C17H18N2O4S.ClH/c20-24(21,19-9-8-18-14-4-1-2-5-15(14)19)13-6-7-16-17(12-13)23-11-3-10-22-16;/h1-2,4-7,12,18H,3,8-11H2;1H. The molecular weight excluding hydrogens is 364 g/mol. The van der Waals surface area contributed by atoms with E-state index < -0.39 is 10.0 Å². The minimum atomic E-state index is -3.66. The molecule has 2 aliphatic heterocycles. The fourth-order valence-electron chi connectivity index (χ4n) is 2.93. The average Bonchev–Trinajstić information content (AvgIpc) is 2.86. The fraction of sp³-hybridized carbons (Fsp3) is 0.294. The lowest BCUT2D eigenvalue weighted by Crippen LogP contribution is -2.38. The normalized spacial score (nSPS) is 16.1.